The van der Waals surface area contributed by atoms with Crippen molar-refractivity contribution >= 4 is 27.5 Å². The Morgan fingerprint density at radius 2 is 2.17 bits per heavy atom. The van der Waals surface area contributed by atoms with Crippen molar-refractivity contribution in [3.63, 3.8) is 0 Å². The number of hydrogen-bond acceptors (Lipinski definition) is 6. The lowest BCUT2D eigenvalue weighted by molar-refractivity contribution is -0.150. The molecule has 0 saturated carbocycles. The molecule has 124 valence electrons. The van der Waals surface area contributed by atoms with Crippen LogP contribution in [0.2, 0.25) is 0 Å². The molecule has 5 nitrogen and oxygen atoms in total. The summed E-state index contributed by atoms with van der Waals surface area (Å²) in [5.41, 5.74) is 0.971. The van der Waals surface area contributed by atoms with E-state index in [1.165, 1.54) is 30.6 Å². The zero-order valence-corrected chi connectivity index (χ0v) is 13.5. The minimum atomic E-state index is -1.36. The lowest BCUT2D eigenvalue weighted by atomic mass is 10.1. The van der Waals surface area contributed by atoms with Gasteiger partial charge in [-0.25, -0.2) is 14.2 Å². The molecule has 3 rings (SSSR count). The molecule has 1 atom stereocenters. The van der Waals surface area contributed by atoms with E-state index in [1.54, 1.807) is 30.3 Å². The molecule has 0 fully saturated rings. The monoisotopic (exact) mass is 347 g/mol. The van der Waals surface area contributed by atoms with Crippen molar-refractivity contribution in [2.45, 2.75) is 12.7 Å². The Bertz CT molecular complexity index is 880. The normalized spacial score (nSPS) is 12.1. The Morgan fingerprint density at radius 3 is 2.96 bits per heavy atom. The second-order valence-electron chi connectivity index (χ2n) is 5.01. The Hall–Kier alpha value is -2.51. The van der Waals surface area contributed by atoms with Gasteiger partial charge in [0.15, 0.2) is 6.10 Å². The molecule has 2 aromatic carbocycles. The minimum absolute atomic E-state index is 0.207. The average Bonchev–Trinajstić information content (AvgIpc) is 3.00. The lowest BCUT2D eigenvalue weighted by Gasteiger charge is -2.10. The summed E-state index contributed by atoms with van der Waals surface area (Å²) < 4.78 is 24.2. The van der Waals surface area contributed by atoms with Crippen molar-refractivity contribution in [3.8, 4) is 5.75 Å². The molecule has 0 aliphatic carbocycles. The van der Waals surface area contributed by atoms with Gasteiger partial charge in [-0.05, 0) is 29.8 Å². The molecule has 0 spiro atoms. The number of nitrogens with zero attached hydrogens (tertiary/aromatic N) is 1. The molecule has 24 heavy (non-hydrogen) atoms. The van der Waals surface area contributed by atoms with Gasteiger partial charge in [-0.1, -0.05) is 12.1 Å². The second kappa shape index (κ2) is 6.94. The topological polar surface area (TPSA) is 68.7 Å². The van der Waals surface area contributed by atoms with Gasteiger partial charge < -0.3 is 14.6 Å². The van der Waals surface area contributed by atoms with Gasteiger partial charge in [0.25, 0.3) is 0 Å². The first-order chi connectivity index (χ1) is 11.6. The minimum Gasteiger partial charge on any atom is -0.486 e. The Labute approximate surface area is 141 Å². The van der Waals surface area contributed by atoms with Gasteiger partial charge in [-0.3, -0.25) is 0 Å². The summed E-state index contributed by atoms with van der Waals surface area (Å²) in [4.78, 5) is 15.7. The van der Waals surface area contributed by atoms with Crippen molar-refractivity contribution in [1.29, 1.82) is 0 Å². The van der Waals surface area contributed by atoms with Crippen LogP contribution in [0.3, 0.4) is 0 Å². The van der Waals surface area contributed by atoms with Gasteiger partial charge in [-0.15, -0.1) is 11.3 Å². The van der Waals surface area contributed by atoms with Crippen LogP contribution in [0.15, 0.2) is 42.5 Å². The van der Waals surface area contributed by atoms with Gasteiger partial charge in [0.1, 0.15) is 23.2 Å². The first kappa shape index (κ1) is 16.4. The van der Waals surface area contributed by atoms with Crippen molar-refractivity contribution in [1.82, 2.24) is 4.98 Å². The number of carbonyl (C=O) groups is 1. The van der Waals surface area contributed by atoms with Crippen LogP contribution < -0.4 is 4.74 Å². The zero-order chi connectivity index (χ0) is 17.1. The van der Waals surface area contributed by atoms with Gasteiger partial charge in [-0.2, -0.15) is 0 Å². The maximum atomic E-state index is 13.2. The molecule has 0 aliphatic heterocycles. The van der Waals surface area contributed by atoms with Crippen molar-refractivity contribution < 1.29 is 23.8 Å². The Kier molecular flexibility index (Phi) is 4.73. The molecular weight excluding hydrogens is 333 g/mol. The third-order valence-corrected chi connectivity index (χ3v) is 4.36. The van der Waals surface area contributed by atoms with Gasteiger partial charge in [0.2, 0.25) is 0 Å². The summed E-state index contributed by atoms with van der Waals surface area (Å²) in [7, 11) is 1.21. The van der Waals surface area contributed by atoms with Crippen molar-refractivity contribution in [3.05, 3.63) is 58.9 Å². The fourth-order valence-electron chi connectivity index (χ4n) is 2.18. The number of aromatic nitrogens is 1. The van der Waals surface area contributed by atoms with E-state index in [0.29, 0.717) is 21.8 Å². The van der Waals surface area contributed by atoms with Crippen LogP contribution in [-0.2, 0) is 16.1 Å². The molecule has 7 heteroatoms. The second-order valence-corrected chi connectivity index (χ2v) is 6.12. The van der Waals surface area contributed by atoms with Crippen LogP contribution in [0, 0.1) is 5.82 Å². The van der Waals surface area contributed by atoms with E-state index in [1.807, 2.05) is 0 Å². The number of benzene rings is 2. The SMILES string of the molecule is COC(=O)[C@H](O)c1cccc(OCc2nc3cc(F)ccc3s2)c1. The molecule has 1 N–H and O–H groups in total. The molecule has 0 unspecified atom stereocenters. The van der Waals surface area contributed by atoms with Gasteiger partial charge in [0.05, 0.1) is 17.3 Å². The summed E-state index contributed by atoms with van der Waals surface area (Å²) >= 11 is 1.42. The molecule has 0 amide bonds. The number of halogens is 1. The summed E-state index contributed by atoms with van der Waals surface area (Å²) in [6.45, 7) is 0.207. The van der Waals surface area contributed by atoms with Crippen LogP contribution in [-0.4, -0.2) is 23.2 Å². The molecule has 0 aliphatic rings. The van der Waals surface area contributed by atoms with E-state index >= 15 is 0 Å². The van der Waals surface area contributed by atoms with Gasteiger partial charge in [0, 0.05) is 6.07 Å². The van der Waals surface area contributed by atoms with Crippen LogP contribution >= 0.6 is 11.3 Å². The van der Waals surface area contributed by atoms with E-state index < -0.39 is 12.1 Å². The van der Waals surface area contributed by atoms with Crippen LogP contribution in [0.1, 0.15) is 16.7 Å². The van der Waals surface area contributed by atoms with Crippen molar-refractivity contribution in [2.75, 3.05) is 7.11 Å². The number of rotatable bonds is 5. The van der Waals surface area contributed by atoms with Crippen molar-refractivity contribution in [2.24, 2.45) is 0 Å². The number of carbonyl (C=O) groups excluding carboxylic acids is 1. The summed E-state index contributed by atoms with van der Waals surface area (Å²) in [6, 6.07) is 11.0. The Morgan fingerprint density at radius 1 is 1.33 bits per heavy atom. The third-order valence-electron chi connectivity index (χ3n) is 3.35. The highest BCUT2D eigenvalue weighted by atomic mass is 32.1. The maximum absolute atomic E-state index is 13.2. The standard InChI is InChI=1S/C17H14FNO4S/c1-22-17(21)16(20)10-3-2-4-12(7-10)23-9-15-19-13-8-11(18)5-6-14(13)24-15/h2-8,16,20H,9H2,1H3/t16-/m1/s1. The van der Waals surface area contributed by atoms with Crippen LogP contribution in [0.25, 0.3) is 10.2 Å². The quantitative estimate of drug-likeness (QED) is 0.718. The number of hydrogen-bond donors (Lipinski definition) is 1. The Balaban J connectivity index is 1.72. The van der Waals surface area contributed by atoms with E-state index in [4.69, 9.17) is 4.74 Å². The molecule has 0 bridgehead atoms. The van der Waals surface area contributed by atoms with E-state index in [2.05, 4.69) is 9.72 Å². The molecular formula is C17H14FNO4S. The largest absolute Gasteiger partial charge is 0.486 e. The van der Waals surface area contributed by atoms with E-state index in [9.17, 15) is 14.3 Å². The highest BCUT2D eigenvalue weighted by Gasteiger charge is 2.18. The fraction of sp³-hybridized carbons (Fsp3) is 0.176. The molecule has 1 aromatic heterocycles. The predicted molar refractivity (Wildman–Crippen MR) is 87.3 cm³/mol. The number of aliphatic hydroxyl groups is 1. The van der Waals surface area contributed by atoms with E-state index in [-0.39, 0.29) is 12.4 Å². The lowest BCUT2D eigenvalue weighted by Crippen LogP contribution is -2.13. The molecule has 0 saturated heterocycles. The predicted octanol–water partition coefficient (Wildman–Crippen LogP) is 3.22. The number of thiazole rings is 1. The summed E-state index contributed by atoms with van der Waals surface area (Å²) in [5.74, 6) is -0.578. The zero-order valence-electron chi connectivity index (χ0n) is 12.7. The molecule has 0 radical (unpaired) electrons. The number of methoxy groups -OCH3 is 1. The molecule has 1 heterocycles. The smallest absolute Gasteiger partial charge is 0.339 e. The van der Waals surface area contributed by atoms with E-state index in [0.717, 1.165) is 4.70 Å². The maximum Gasteiger partial charge on any atom is 0.339 e. The third kappa shape index (κ3) is 3.52. The van der Waals surface area contributed by atoms with Gasteiger partial charge >= 0.3 is 5.97 Å². The highest BCUT2D eigenvalue weighted by molar-refractivity contribution is 7.18. The average molecular weight is 347 g/mol. The number of aliphatic hydroxyl groups excluding tert-OH is 1. The molecule has 3 aromatic rings. The first-order valence-corrected chi connectivity index (χ1v) is 7.92. The summed E-state index contributed by atoms with van der Waals surface area (Å²) in [6.07, 6.45) is -1.36. The fourth-order valence-corrected chi connectivity index (χ4v) is 3.04. The van der Waals surface area contributed by atoms with Crippen LogP contribution in [0.5, 0.6) is 5.75 Å². The van der Waals surface area contributed by atoms with Crippen LogP contribution in [0.4, 0.5) is 4.39 Å². The number of ether oxygens (including phenoxy) is 2. The first-order valence-electron chi connectivity index (χ1n) is 7.10. The highest BCUT2D eigenvalue weighted by Crippen LogP contribution is 2.25. The number of fused-ring (bicyclic) bond motifs is 1. The summed E-state index contributed by atoms with van der Waals surface area (Å²) in [5, 5.41) is 10.5. The number of esters is 1.